The quantitative estimate of drug-likeness (QED) is 0.559. The van der Waals surface area contributed by atoms with Gasteiger partial charge in [-0.25, -0.2) is 4.68 Å². The maximum atomic E-state index is 12.1. The molecular formula is C26H29N3O3. The average Bonchev–Trinajstić information content (AvgIpc) is 3.38. The molecule has 2 aromatic carbocycles. The zero-order valence-corrected chi connectivity index (χ0v) is 18.3. The molecule has 2 fully saturated rings. The Morgan fingerprint density at radius 3 is 2.69 bits per heavy atom. The molecule has 3 aliphatic carbocycles. The smallest absolute Gasteiger partial charge is 0.117 e. The number of phenolic OH excluding ortho intramolecular Hbond substituents is 2. The number of hydrogen-bond acceptors (Lipinski definition) is 5. The monoisotopic (exact) mass is 431 g/mol. The standard InChI is InChI=1S/C26H29N3O3/c1-25-11-9-21-20-8-6-19(31)13-16(20)5-7-22(21)23(25)10-12-26(25,32)24-15-29(28-27-24)17-3-2-4-18(30)14-17/h2-4,6,8,13-15,21-23,30-32H,5,7,9-12H2,1H3/t21-,22-,23+,25+,26-/m1/s1. The number of aryl methyl sites for hydroxylation is 1. The van der Waals surface area contributed by atoms with Gasteiger partial charge in [-0.2, -0.15) is 0 Å². The molecule has 6 rings (SSSR count). The molecule has 1 aromatic heterocycles. The Kier molecular flexibility index (Phi) is 4.22. The van der Waals surface area contributed by atoms with Gasteiger partial charge in [0.25, 0.3) is 0 Å². The molecule has 3 aliphatic rings. The van der Waals surface area contributed by atoms with Gasteiger partial charge in [-0.05, 0) is 91.7 Å². The lowest BCUT2D eigenvalue weighted by Crippen LogP contribution is -2.49. The molecular weight excluding hydrogens is 402 g/mol. The summed E-state index contributed by atoms with van der Waals surface area (Å²) >= 11 is 0. The molecule has 0 amide bonds. The summed E-state index contributed by atoms with van der Waals surface area (Å²) in [6, 6.07) is 12.8. The lowest BCUT2D eigenvalue weighted by Gasteiger charge is -2.52. The summed E-state index contributed by atoms with van der Waals surface area (Å²) in [6.45, 7) is 2.25. The van der Waals surface area contributed by atoms with Crippen LogP contribution in [0, 0.1) is 17.3 Å². The van der Waals surface area contributed by atoms with E-state index in [4.69, 9.17) is 0 Å². The topological polar surface area (TPSA) is 91.4 Å². The van der Waals surface area contributed by atoms with Crippen LogP contribution in [0.4, 0.5) is 0 Å². The van der Waals surface area contributed by atoms with Gasteiger partial charge in [0.05, 0.1) is 11.9 Å². The van der Waals surface area contributed by atoms with Crippen LogP contribution >= 0.6 is 0 Å². The van der Waals surface area contributed by atoms with Crippen molar-refractivity contribution < 1.29 is 15.3 Å². The number of nitrogens with zero attached hydrogens (tertiary/aromatic N) is 3. The van der Waals surface area contributed by atoms with Crippen molar-refractivity contribution >= 4 is 0 Å². The first-order chi connectivity index (χ1) is 15.4. The highest BCUT2D eigenvalue weighted by molar-refractivity contribution is 5.41. The number of benzene rings is 2. The summed E-state index contributed by atoms with van der Waals surface area (Å²) in [7, 11) is 0. The van der Waals surface area contributed by atoms with Gasteiger partial charge in [-0.3, -0.25) is 0 Å². The minimum atomic E-state index is -1.01. The van der Waals surface area contributed by atoms with Crippen LogP contribution in [0.1, 0.15) is 61.8 Å². The van der Waals surface area contributed by atoms with E-state index in [0.717, 1.165) is 37.8 Å². The highest BCUT2D eigenvalue weighted by Gasteiger charge is 2.63. The number of aliphatic hydroxyl groups is 1. The van der Waals surface area contributed by atoms with Gasteiger partial charge in [0, 0.05) is 11.5 Å². The average molecular weight is 432 g/mol. The summed E-state index contributed by atoms with van der Waals surface area (Å²) < 4.78 is 1.64. The fourth-order valence-corrected chi connectivity index (χ4v) is 7.22. The third-order valence-electron chi connectivity index (χ3n) is 8.87. The van der Waals surface area contributed by atoms with Crippen molar-refractivity contribution in [2.45, 2.75) is 57.0 Å². The highest BCUT2D eigenvalue weighted by atomic mass is 16.3. The fourth-order valence-electron chi connectivity index (χ4n) is 7.22. The van der Waals surface area contributed by atoms with Crippen LogP contribution < -0.4 is 0 Å². The zero-order valence-electron chi connectivity index (χ0n) is 18.3. The molecule has 2 saturated carbocycles. The maximum Gasteiger partial charge on any atom is 0.117 e. The molecule has 0 unspecified atom stereocenters. The molecule has 6 heteroatoms. The summed E-state index contributed by atoms with van der Waals surface area (Å²) in [6.07, 6.45) is 7.58. The van der Waals surface area contributed by atoms with Crippen LogP contribution in [0.2, 0.25) is 0 Å². The minimum Gasteiger partial charge on any atom is -0.508 e. The number of phenols is 2. The van der Waals surface area contributed by atoms with Crippen LogP contribution in [0.3, 0.4) is 0 Å². The maximum absolute atomic E-state index is 12.1. The summed E-state index contributed by atoms with van der Waals surface area (Å²) in [5.41, 5.74) is 2.78. The molecule has 166 valence electrons. The Morgan fingerprint density at radius 2 is 1.84 bits per heavy atom. The van der Waals surface area contributed by atoms with E-state index in [2.05, 4.69) is 23.3 Å². The zero-order chi connectivity index (χ0) is 22.1. The predicted octanol–water partition coefficient (Wildman–Crippen LogP) is 4.42. The lowest BCUT2D eigenvalue weighted by atomic mass is 9.53. The van der Waals surface area contributed by atoms with Gasteiger partial charge in [-0.1, -0.05) is 24.3 Å². The predicted molar refractivity (Wildman–Crippen MR) is 120 cm³/mol. The molecule has 0 radical (unpaired) electrons. The summed E-state index contributed by atoms with van der Waals surface area (Å²) in [5.74, 6) is 2.01. The Bertz CT molecular complexity index is 1190. The SMILES string of the molecule is C[C@]12CC[C@@H]3c4ccc(O)cc4CC[C@H]3[C@@H]1CC[C@@]2(O)c1cn(-c2cccc(O)c2)nn1. The van der Waals surface area contributed by atoms with E-state index < -0.39 is 5.60 Å². The van der Waals surface area contributed by atoms with Crippen LogP contribution in [0.5, 0.6) is 11.5 Å². The van der Waals surface area contributed by atoms with Gasteiger partial charge < -0.3 is 15.3 Å². The molecule has 1 heterocycles. The second kappa shape index (κ2) is 6.82. The second-order valence-electron chi connectivity index (χ2n) is 10.2. The van der Waals surface area contributed by atoms with Crippen molar-refractivity contribution in [3.8, 4) is 17.2 Å². The van der Waals surface area contributed by atoms with Crippen molar-refractivity contribution in [3.63, 3.8) is 0 Å². The number of aromatic nitrogens is 3. The van der Waals surface area contributed by atoms with Crippen molar-refractivity contribution in [3.05, 3.63) is 65.5 Å². The molecule has 0 bridgehead atoms. The van der Waals surface area contributed by atoms with E-state index in [-0.39, 0.29) is 11.2 Å². The number of fused-ring (bicyclic) bond motifs is 5. The van der Waals surface area contributed by atoms with Crippen molar-refractivity contribution in [1.82, 2.24) is 15.0 Å². The summed E-state index contributed by atoms with van der Waals surface area (Å²) in [5, 5.41) is 40.5. The lowest BCUT2D eigenvalue weighted by molar-refractivity contribution is -0.111. The van der Waals surface area contributed by atoms with Gasteiger partial charge in [0.15, 0.2) is 0 Å². The van der Waals surface area contributed by atoms with Crippen molar-refractivity contribution in [2.75, 3.05) is 0 Å². The summed E-state index contributed by atoms with van der Waals surface area (Å²) in [4.78, 5) is 0. The molecule has 5 atom stereocenters. The molecule has 6 nitrogen and oxygen atoms in total. The second-order valence-corrected chi connectivity index (χ2v) is 10.2. The van der Waals surface area contributed by atoms with E-state index in [0.29, 0.717) is 35.6 Å². The normalized spacial score (nSPS) is 33.4. The fraction of sp³-hybridized carbons (Fsp3) is 0.462. The van der Waals surface area contributed by atoms with Crippen LogP contribution in [0.25, 0.3) is 5.69 Å². The van der Waals surface area contributed by atoms with Gasteiger partial charge in [-0.15, -0.1) is 5.10 Å². The highest BCUT2D eigenvalue weighted by Crippen LogP contribution is 2.66. The largest absolute Gasteiger partial charge is 0.508 e. The Labute approximate surface area is 187 Å². The Balaban J connectivity index is 1.33. The van der Waals surface area contributed by atoms with Crippen molar-refractivity contribution in [2.24, 2.45) is 17.3 Å². The molecule has 0 saturated heterocycles. The molecule has 32 heavy (non-hydrogen) atoms. The van der Waals surface area contributed by atoms with E-state index in [1.165, 1.54) is 11.1 Å². The van der Waals surface area contributed by atoms with E-state index >= 15 is 0 Å². The van der Waals surface area contributed by atoms with Gasteiger partial charge in [0.2, 0.25) is 0 Å². The first-order valence-corrected chi connectivity index (χ1v) is 11.7. The number of rotatable bonds is 2. The minimum absolute atomic E-state index is 0.176. The van der Waals surface area contributed by atoms with Crippen LogP contribution in [0.15, 0.2) is 48.7 Å². The van der Waals surface area contributed by atoms with Crippen LogP contribution in [-0.4, -0.2) is 30.3 Å². The molecule has 3 N–H and O–H groups in total. The number of hydrogen-bond donors (Lipinski definition) is 3. The van der Waals surface area contributed by atoms with E-state index in [9.17, 15) is 15.3 Å². The first-order valence-electron chi connectivity index (χ1n) is 11.7. The third-order valence-corrected chi connectivity index (χ3v) is 8.87. The van der Waals surface area contributed by atoms with Gasteiger partial charge >= 0.3 is 0 Å². The van der Waals surface area contributed by atoms with Crippen LogP contribution in [-0.2, 0) is 12.0 Å². The van der Waals surface area contributed by atoms with Gasteiger partial charge in [0.1, 0.15) is 22.8 Å². The first kappa shape index (κ1) is 19.8. The van der Waals surface area contributed by atoms with E-state index in [1.54, 1.807) is 22.9 Å². The van der Waals surface area contributed by atoms with E-state index in [1.807, 2.05) is 24.4 Å². The molecule has 0 spiro atoms. The van der Waals surface area contributed by atoms with Crippen molar-refractivity contribution in [1.29, 1.82) is 0 Å². The molecule has 3 aromatic rings. The third kappa shape index (κ3) is 2.68. The Morgan fingerprint density at radius 1 is 1.00 bits per heavy atom. The Hall–Kier alpha value is -2.86. The molecule has 0 aliphatic heterocycles. The number of aromatic hydroxyl groups is 2.